The van der Waals surface area contributed by atoms with Gasteiger partial charge in [0.15, 0.2) is 11.1 Å². The van der Waals surface area contributed by atoms with Gasteiger partial charge in [0.1, 0.15) is 18.0 Å². The molecule has 1 aromatic rings. The average Bonchev–Trinajstić information content (AvgIpc) is 2.64. The SMILES string of the molecule is CC#CC1(Cl)[C@@H](O)[C@@H]([C@H](C)O)O[C@H]1n1ncc(N)nc1=O. The molecule has 0 amide bonds. The van der Waals surface area contributed by atoms with Crippen LogP contribution in [0.3, 0.4) is 0 Å². The summed E-state index contributed by atoms with van der Waals surface area (Å²) in [5, 5.41) is 23.8. The molecule has 5 atom stereocenters. The van der Waals surface area contributed by atoms with Crippen molar-refractivity contribution in [2.45, 2.75) is 43.3 Å². The molecule has 1 aliphatic heterocycles. The third kappa shape index (κ3) is 2.61. The van der Waals surface area contributed by atoms with Crippen LogP contribution in [0.25, 0.3) is 0 Å². The molecule has 0 spiro atoms. The number of hydrogen-bond acceptors (Lipinski definition) is 7. The lowest BCUT2D eigenvalue weighted by Gasteiger charge is -2.24. The van der Waals surface area contributed by atoms with Crippen LogP contribution < -0.4 is 11.4 Å². The first-order valence-corrected chi connectivity index (χ1v) is 6.54. The van der Waals surface area contributed by atoms with Crippen molar-refractivity contribution in [1.82, 2.24) is 14.8 Å². The molecule has 8 nitrogen and oxygen atoms in total. The second-order valence-electron chi connectivity index (χ2n) is 4.69. The molecule has 1 unspecified atom stereocenters. The molecule has 0 saturated carbocycles. The van der Waals surface area contributed by atoms with E-state index in [9.17, 15) is 15.0 Å². The van der Waals surface area contributed by atoms with E-state index in [2.05, 4.69) is 21.9 Å². The number of hydrogen-bond donors (Lipinski definition) is 3. The van der Waals surface area contributed by atoms with Crippen LogP contribution in [-0.2, 0) is 4.74 Å². The van der Waals surface area contributed by atoms with Gasteiger partial charge in [-0.25, -0.2) is 4.79 Å². The van der Waals surface area contributed by atoms with Crippen molar-refractivity contribution < 1.29 is 14.9 Å². The number of nitrogens with zero attached hydrogens (tertiary/aromatic N) is 3. The molecular formula is C12H15ClN4O4. The van der Waals surface area contributed by atoms with Crippen LogP contribution in [0.4, 0.5) is 5.82 Å². The van der Waals surface area contributed by atoms with Gasteiger partial charge in [0.25, 0.3) is 0 Å². The van der Waals surface area contributed by atoms with Gasteiger partial charge in [-0.05, 0) is 13.8 Å². The van der Waals surface area contributed by atoms with E-state index >= 15 is 0 Å². The Bertz CT molecular complexity index is 653. The molecule has 9 heteroatoms. The summed E-state index contributed by atoms with van der Waals surface area (Å²) >= 11 is 6.35. The summed E-state index contributed by atoms with van der Waals surface area (Å²) in [5.74, 6) is 5.14. The largest absolute Gasteiger partial charge is 0.391 e. The molecule has 0 aromatic carbocycles. The molecule has 1 saturated heterocycles. The lowest BCUT2D eigenvalue weighted by molar-refractivity contribution is -0.0809. The van der Waals surface area contributed by atoms with Crippen LogP contribution in [0.15, 0.2) is 11.0 Å². The van der Waals surface area contributed by atoms with E-state index in [-0.39, 0.29) is 5.82 Å². The Morgan fingerprint density at radius 3 is 2.86 bits per heavy atom. The van der Waals surface area contributed by atoms with Crippen molar-refractivity contribution in [2.75, 3.05) is 5.73 Å². The Kier molecular flexibility index (Phi) is 4.20. The van der Waals surface area contributed by atoms with Gasteiger partial charge in [0.05, 0.1) is 12.3 Å². The first-order valence-electron chi connectivity index (χ1n) is 6.17. The molecule has 21 heavy (non-hydrogen) atoms. The highest BCUT2D eigenvalue weighted by atomic mass is 35.5. The Morgan fingerprint density at radius 1 is 1.67 bits per heavy atom. The maximum atomic E-state index is 11.9. The number of aliphatic hydroxyl groups excluding tert-OH is 2. The number of nitrogens with two attached hydrogens (primary N) is 1. The van der Waals surface area contributed by atoms with Crippen molar-refractivity contribution in [3.8, 4) is 11.8 Å². The van der Waals surface area contributed by atoms with Gasteiger partial charge < -0.3 is 20.7 Å². The van der Waals surface area contributed by atoms with Crippen molar-refractivity contribution in [3.05, 3.63) is 16.7 Å². The number of aliphatic hydroxyl groups is 2. The highest BCUT2D eigenvalue weighted by molar-refractivity contribution is 6.27. The van der Waals surface area contributed by atoms with E-state index in [4.69, 9.17) is 22.1 Å². The van der Waals surface area contributed by atoms with Crippen molar-refractivity contribution in [1.29, 1.82) is 0 Å². The minimum Gasteiger partial charge on any atom is -0.391 e. The molecule has 0 bridgehead atoms. The van der Waals surface area contributed by atoms with Gasteiger partial charge in [-0.1, -0.05) is 17.5 Å². The van der Waals surface area contributed by atoms with E-state index < -0.39 is 35.1 Å². The Labute approximate surface area is 125 Å². The summed E-state index contributed by atoms with van der Waals surface area (Å²) in [4.78, 5) is 13.8. The number of anilines is 1. The predicted molar refractivity (Wildman–Crippen MR) is 74.3 cm³/mol. The summed E-state index contributed by atoms with van der Waals surface area (Å²) in [5.41, 5.74) is 4.59. The second-order valence-corrected chi connectivity index (χ2v) is 5.32. The maximum absolute atomic E-state index is 11.9. The zero-order chi connectivity index (χ0) is 15.8. The first kappa shape index (κ1) is 15.7. The van der Waals surface area contributed by atoms with Gasteiger partial charge in [-0.3, -0.25) is 0 Å². The molecule has 114 valence electrons. The zero-order valence-electron chi connectivity index (χ0n) is 11.4. The Morgan fingerprint density at radius 2 is 2.33 bits per heavy atom. The number of nitrogen functional groups attached to an aromatic ring is 1. The van der Waals surface area contributed by atoms with Crippen molar-refractivity contribution in [3.63, 3.8) is 0 Å². The Hall–Kier alpha value is -1.66. The van der Waals surface area contributed by atoms with Crippen LogP contribution in [0.5, 0.6) is 0 Å². The fourth-order valence-electron chi connectivity index (χ4n) is 2.17. The number of alkyl halides is 1. The standard InChI is InChI=1S/C12H15ClN4O4/c1-3-4-12(13)9(19)8(6(2)18)21-10(12)17-11(20)16-7(14)5-15-17/h5-6,8-10,18-19H,1-2H3,(H2,14,16,20)/t6-,8+,9-,10+,12?/m0/s1. The second kappa shape index (κ2) is 5.61. The molecular weight excluding hydrogens is 300 g/mol. The summed E-state index contributed by atoms with van der Waals surface area (Å²) in [6.45, 7) is 2.96. The third-order valence-corrected chi connectivity index (χ3v) is 3.64. The van der Waals surface area contributed by atoms with Gasteiger partial charge in [0, 0.05) is 0 Å². The van der Waals surface area contributed by atoms with Crippen LogP contribution in [0.1, 0.15) is 20.1 Å². The van der Waals surface area contributed by atoms with Crippen LogP contribution in [0, 0.1) is 11.8 Å². The summed E-state index contributed by atoms with van der Waals surface area (Å²) in [6.07, 6.45) is -3.40. The maximum Gasteiger partial charge on any atom is 0.368 e. The Balaban J connectivity index is 2.54. The van der Waals surface area contributed by atoms with Crippen LogP contribution >= 0.6 is 11.6 Å². The van der Waals surface area contributed by atoms with Crippen LogP contribution in [-0.4, -0.2) is 48.2 Å². The van der Waals surface area contributed by atoms with Gasteiger partial charge in [-0.15, -0.1) is 5.92 Å². The lowest BCUT2D eigenvalue weighted by Crippen LogP contribution is -2.45. The van der Waals surface area contributed by atoms with Crippen molar-refractivity contribution in [2.24, 2.45) is 0 Å². The van der Waals surface area contributed by atoms with Crippen molar-refractivity contribution >= 4 is 17.4 Å². The number of ether oxygens (including phenoxy) is 1. The van der Waals surface area contributed by atoms with Crippen LogP contribution in [0.2, 0.25) is 0 Å². The van der Waals surface area contributed by atoms with E-state index in [1.165, 1.54) is 13.8 Å². The van der Waals surface area contributed by atoms with Gasteiger partial charge in [0.2, 0.25) is 0 Å². The van der Waals surface area contributed by atoms with E-state index in [1.807, 2.05) is 0 Å². The highest BCUT2D eigenvalue weighted by Gasteiger charge is 2.57. The minimum atomic E-state index is -1.63. The molecule has 2 rings (SSSR count). The quantitative estimate of drug-likeness (QED) is 0.465. The lowest BCUT2D eigenvalue weighted by atomic mass is 9.97. The highest BCUT2D eigenvalue weighted by Crippen LogP contribution is 2.43. The number of halogens is 1. The van der Waals surface area contributed by atoms with Gasteiger partial charge >= 0.3 is 5.69 Å². The first-order chi connectivity index (χ1) is 9.81. The zero-order valence-corrected chi connectivity index (χ0v) is 12.2. The monoisotopic (exact) mass is 314 g/mol. The van der Waals surface area contributed by atoms with E-state index in [1.54, 1.807) is 0 Å². The summed E-state index contributed by atoms with van der Waals surface area (Å²) in [7, 11) is 0. The fourth-order valence-corrected chi connectivity index (χ4v) is 2.53. The molecule has 1 aromatic heterocycles. The smallest absolute Gasteiger partial charge is 0.368 e. The average molecular weight is 315 g/mol. The molecule has 4 N–H and O–H groups in total. The fraction of sp³-hybridized carbons (Fsp3) is 0.583. The third-order valence-electron chi connectivity index (χ3n) is 3.14. The minimum absolute atomic E-state index is 0.0522. The normalized spacial score (nSPS) is 33.3. The van der Waals surface area contributed by atoms with Gasteiger partial charge in [-0.2, -0.15) is 14.8 Å². The molecule has 1 fully saturated rings. The van der Waals surface area contributed by atoms with E-state index in [0.717, 1.165) is 10.9 Å². The number of rotatable bonds is 2. The molecule has 2 heterocycles. The summed E-state index contributed by atoms with van der Waals surface area (Å²) in [6, 6.07) is 0. The molecule has 1 aliphatic rings. The molecule has 0 radical (unpaired) electrons. The predicted octanol–water partition coefficient (Wildman–Crippen LogP) is -1.14. The van der Waals surface area contributed by atoms with E-state index in [0.29, 0.717) is 0 Å². The topological polar surface area (TPSA) is 123 Å². The number of aromatic nitrogens is 3. The molecule has 0 aliphatic carbocycles. The summed E-state index contributed by atoms with van der Waals surface area (Å²) < 4.78 is 6.34.